The van der Waals surface area contributed by atoms with Gasteiger partial charge in [0.15, 0.2) is 0 Å². The Morgan fingerprint density at radius 2 is 1.69 bits per heavy atom. The Balaban J connectivity index is 1.46. The summed E-state index contributed by atoms with van der Waals surface area (Å²) in [5, 5.41) is 11.1. The maximum absolute atomic E-state index is 13.7. The molecular weight excluding hydrogens is 465 g/mol. The largest absolute Gasteiger partial charge is 0.481 e. The van der Waals surface area contributed by atoms with E-state index in [1.165, 1.54) is 6.92 Å². The van der Waals surface area contributed by atoms with Gasteiger partial charge in [0.05, 0.1) is 5.41 Å². The predicted octanol–water partition coefficient (Wildman–Crippen LogP) is 4.17. The lowest BCUT2D eigenvalue weighted by atomic mass is 9.82. The van der Waals surface area contributed by atoms with Crippen molar-refractivity contribution in [1.82, 2.24) is 10.2 Å². The Bertz CT molecular complexity index is 1110. The summed E-state index contributed by atoms with van der Waals surface area (Å²) in [5.41, 5.74) is 2.37. The van der Waals surface area contributed by atoms with Crippen molar-refractivity contribution in [3.63, 3.8) is 0 Å². The van der Waals surface area contributed by atoms with Gasteiger partial charge in [0, 0.05) is 19.0 Å². The van der Waals surface area contributed by atoms with Crippen molar-refractivity contribution >= 4 is 18.0 Å². The fraction of sp³-hybridized carbons (Fsp3) is 0.400. The third-order valence-corrected chi connectivity index (χ3v) is 6.70. The second kappa shape index (κ2) is 9.24. The number of aliphatic carboxylic acids is 1. The fourth-order valence-corrected chi connectivity index (χ4v) is 4.83. The lowest BCUT2D eigenvalue weighted by molar-refractivity contribution is -0.177. The van der Waals surface area contributed by atoms with Gasteiger partial charge in [-0.05, 0) is 42.0 Å². The SMILES string of the molecule is CC1(C(=O)O)CCCN(C(=O)C(NC(=O)OCC2c3ccccc3-c3ccccc32)C(F)(F)F)C1. The number of piperidine rings is 1. The minimum atomic E-state index is -5.08. The molecule has 1 heterocycles. The van der Waals surface area contributed by atoms with Crippen LogP contribution in [0.5, 0.6) is 0 Å². The Hall–Kier alpha value is -3.56. The molecule has 1 aliphatic carbocycles. The number of alkyl halides is 3. The third-order valence-electron chi connectivity index (χ3n) is 6.70. The standard InChI is InChI=1S/C25H25F3N2O5/c1-24(22(32)33)11-6-12-30(14-24)21(31)20(25(26,27)28)29-23(34)35-13-19-17-9-4-2-7-15(17)16-8-3-5-10-18(16)19/h2-5,7-10,19-20H,6,11-14H2,1H3,(H,29,34)(H,32,33). The van der Waals surface area contributed by atoms with Crippen molar-refractivity contribution in [2.24, 2.45) is 5.41 Å². The van der Waals surface area contributed by atoms with E-state index in [4.69, 9.17) is 4.74 Å². The molecule has 2 atom stereocenters. The second-order valence-electron chi connectivity index (χ2n) is 9.17. The smallest absolute Gasteiger partial charge is 0.417 e. The number of likely N-dealkylation sites (tertiary alicyclic amines) is 1. The van der Waals surface area contributed by atoms with E-state index in [2.05, 4.69) is 0 Å². The number of carboxylic acid groups (broad SMARTS) is 1. The van der Waals surface area contributed by atoms with Gasteiger partial charge in [0.2, 0.25) is 6.04 Å². The molecule has 186 valence electrons. The number of fused-ring (bicyclic) bond motifs is 3. The first-order valence-corrected chi connectivity index (χ1v) is 11.2. The van der Waals surface area contributed by atoms with Crippen LogP contribution in [0.1, 0.15) is 36.8 Å². The van der Waals surface area contributed by atoms with Crippen LogP contribution < -0.4 is 5.32 Å². The summed E-state index contributed by atoms with van der Waals surface area (Å²) < 4.78 is 46.4. The maximum Gasteiger partial charge on any atom is 0.417 e. The summed E-state index contributed by atoms with van der Waals surface area (Å²) in [4.78, 5) is 37.5. The number of carbonyl (C=O) groups is 3. The Morgan fingerprint density at radius 1 is 1.11 bits per heavy atom. The van der Waals surface area contributed by atoms with Gasteiger partial charge in [-0.15, -0.1) is 0 Å². The van der Waals surface area contributed by atoms with E-state index in [-0.39, 0.29) is 38.5 Å². The molecule has 1 fully saturated rings. The van der Waals surface area contributed by atoms with E-state index < -0.39 is 35.6 Å². The third kappa shape index (κ3) is 4.82. The number of nitrogens with zero attached hydrogens (tertiary/aromatic N) is 1. The van der Waals surface area contributed by atoms with Gasteiger partial charge in [-0.1, -0.05) is 48.5 Å². The number of nitrogens with one attached hydrogen (secondary N) is 1. The minimum absolute atomic E-state index is 0.0271. The highest BCUT2D eigenvalue weighted by atomic mass is 19.4. The molecule has 35 heavy (non-hydrogen) atoms. The van der Waals surface area contributed by atoms with Gasteiger partial charge in [0.1, 0.15) is 6.61 Å². The number of benzene rings is 2. The summed E-state index contributed by atoms with van der Waals surface area (Å²) in [7, 11) is 0. The number of alkyl carbamates (subject to hydrolysis) is 1. The van der Waals surface area contributed by atoms with Gasteiger partial charge >= 0.3 is 18.2 Å². The number of carbonyl (C=O) groups excluding carboxylic acids is 2. The molecule has 10 heteroatoms. The predicted molar refractivity (Wildman–Crippen MR) is 120 cm³/mol. The maximum atomic E-state index is 13.7. The Labute approximate surface area is 199 Å². The average molecular weight is 490 g/mol. The average Bonchev–Trinajstić information content (AvgIpc) is 3.14. The number of rotatable bonds is 5. The molecule has 0 aromatic heterocycles. The molecule has 7 nitrogen and oxygen atoms in total. The lowest BCUT2D eigenvalue weighted by Gasteiger charge is -2.39. The monoisotopic (exact) mass is 490 g/mol. The highest BCUT2D eigenvalue weighted by Crippen LogP contribution is 2.44. The van der Waals surface area contributed by atoms with Crippen molar-refractivity contribution in [1.29, 1.82) is 0 Å². The number of halogens is 3. The van der Waals surface area contributed by atoms with Crippen LogP contribution in [-0.4, -0.2) is 59.9 Å². The van der Waals surface area contributed by atoms with Crippen molar-refractivity contribution in [3.8, 4) is 11.1 Å². The second-order valence-corrected chi connectivity index (χ2v) is 9.17. The number of carboxylic acids is 1. The number of amides is 2. The molecule has 2 unspecified atom stereocenters. The molecule has 0 radical (unpaired) electrons. The van der Waals surface area contributed by atoms with Crippen LogP contribution in [0.2, 0.25) is 0 Å². The van der Waals surface area contributed by atoms with Gasteiger partial charge < -0.3 is 20.1 Å². The van der Waals surface area contributed by atoms with Crippen LogP contribution in [0.4, 0.5) is 18.0 Å². The zero-order chi connectivity index (χ0) is 25.4. The minimum Gasteiger partial charge on any atom is -0.481 e. The summed E-state index contributed by atoms with van der Waals surface area (Å²) in [6.07, 6.45) is -5.98. The zero-order valence-corrected chi connectivity index (χ0v) is 19.0. The summed E-state index contributed by atoms with van der Waals surface area (Å²) in [5.74, 6) is -2.95. The summed E-state index contributed by atoms with van der Waals surface area (Å²) >= 11 is 0. The quantitative estimate of drug-likeness (QED) is 0.656. The van der Waals surface area contributed by atoms with E-state index in [1.54, 1.807) is 5.32 Å². The molecular formula is C25H25F3N2O5. The first-order valence-electron chi connectivity index (χ1n) is 11.2. The number of ether oxygens (including phenoxy) is 1. The van der Waals surface area contributed by atoms with Crippen LogP contribution in [-0.2, 0) is 14.3 Å². The van der Waals surface area contributed by atoms with Crippen LogP contribution >= 0.6 is 0 Å². The van der Waals surface area contributed by atoms with Crippen LogP contribution in [0.3, 0.4) is 0 Å². The Morgan fingerprint density at radius 3 is 2.23 bits per heavy atom. The molecule has 2 aromatic rings. The van der Waals surface area contributed by atoms with Crippen LogP contribution in [0, 0.1) is 5.41 Å². The van der Waals surface area contributed by atoms with Crippen molar-refractivity contribution in [2.75, 3.05) is 19.7 Å². The Kier molecular flexibility index (Phi) is 6.48. The molecule has 0 saturated carbocycles. The lowest BCUT2D eigenvalue weighted by Crippen LogP contribution is -2.59. The van der Waals surface area contributed by atoms with Crippen molar-refractivity contribution < 1.29 is 37.4 Å². The molecule has 2 aromatic carbocycles. The topological polar surface area (TPSA) is 95.9 Å². The van der Waals surface area contributed by atoms with E-state index in [9.17, 15) is 32.7 Å². The molecule has 4 rings (SSSR count). The van der Waals surface area contributed by atoms with Crippen molar-refractivity contribution in [2.45, 2.75) is 37.9 Å². The van der Waals surface area contributed by atoms with Crippen LogP contribution in [0.15, 0.2) is 48.5 Å². The zero-order valence-electron chi connectivity index (χ0n) is 19.0. The van der Waals surface area contributed by atoms with E-state index in [0.29, 0.717) is 0 Å². The molecule has 0 bridgehead atoms. The number of hydrogen-bond acceptors (Lipinski definition) is 4. The molecule has 2 N–H and O–H groups in total. The number of hydrogen-bond donors (Lipinski definition) is 2. The summed E-state index contributed by atoms with van der Waals surface area (Å²) in [6, 6.07) is 12.2. The van der Waals surface area contributed by atoms with Gasteiger partial charge in [-0.3, -0.25) is 9.59 Å². The van der Waals surface area contributed by atoms with E-state index >= 15 is 0 Å². The van der Waals surface area contributed by atoms with E-state index in [0.717, 1.165) is 27.2 Å². The van der Waals surface area contributed by atoms with Gasteiger partial charge in [0.25, 0.3) is 5.91 Å². The van der Waals surface area contributed by atoms with Crippen LogP contribution in [0.25, 0.3) is 11.1 Å². The molecule has 2 amide bonds. The fourth-order valence-electron chi connectivity index (χ4n) is 4.83. The van der Waals surface area contributed by atoms with Crippen molar-refractivity contribution in [3.05, 3.63) is 59.7 Å². The first kappa shape index (κ1) is 24.6. The summed E-state index contributed by atoms with van der Waals surface area (Å²) in [6.45, 7) is 0.774. The molecule has 1 saturated heterocycles. The normalized spacial score (nSPS) is 20.5. The molecule has 2 aliphatic rings. The highest BCUT2D eigenvalue weighted by Gasteiger charge is 2.50. The van der Waals surface area contributed by atoms with Gasteiger partial charge in [-0.25, -0.2) is 4.79 Å². The highest BCUT2D eigenvalue weighted by molar-refractivity contribution is 5.87. The first-order chi connectivity index (χ1) is 16.5. The molecule has 1 aliphatic heterocycles. The van der Waals surface area contributed by atoms with E-state index in [1.807, 2.05) is 48.5 Å². The van der Waals surface area contributed by atoms with Gasteiger partial charge in [-0.2, -0.15) is 13.2 Å². The molecule has 0 spiro atoms.